The molecule has 3 N–H and O–H groups in total. The van der Waals surface area contributed by atoms with Gasteiger partial charge in [-0.15, -0.1) is 0 Å². The highest BCUT2D eigenvalue weighted by atomic mass is 19.1. The van der Waals surface area contributed by atoms with Crippen molar-refractivity contribution in [2.24, 2.45) is 0 Å². The Hall–Kier alpha value is -3.52. The summed E-state index contributed by atoms with van der Waals surface area (Å²) in [7, 11) is 0. The van der Waals surface area contributed by atoms with Gasteiger partial charge in [0.1, 0.15) is 11.4 Å². The summed E-state index contributed by atoms with van der Waals surface area (Å²) in [6.45, 7) is 0.338. The number of aromatic amines is 1. The summed E-state index contributed by atoms with van der Waals surface area (Å²) >= 11 is 0. The summed E-state index contributed by atoms with van der Waals surface area (Å²) in [6.07, 6.45) is 3.35. The van der Waals surface area contributed by atoms with E-state index in [1.165, 1.54) is 23.2 Å². The van der Waals surface area contributed by atoms with Crippen LogP contribution >= 0.6 is 0 Å². The van der Waals surface area contributed by atoms with Crippen LogP contribution < -0.4 is 15.8 Å². The second-order valence-electron chi connectivity index (χ2n) is 6.86. The number of hydroxylamine groups is 1. The van der Waals surface area contributed by atoms with E-state index in [0.29, 0.717) is 37.0 Å². The molecule has 0 bridgehead atoms. The Kier molecular flexibility index (Phi) is 6.92. The number of hydrogen-bond acceptors (Lipinski definition) is 4. The highest BCUT2D eigenvalue weighted by Gasteiger charge is 2.21. The molecular weight excluding hydrogens is 389 g/mol. The fourth-order valence-corrected chi connectivity index (χ4v) is 3.24. The van der Waals surface area contributed by atoms with Crippen LogP contribution in [0.25, 0.3) is 10.9 Å². The van der Waals surface area contributed by atoms with E-state index in [1.807, 2.05) is 6.07 Å². The minimum atomic E-state index is -0.551. The molecule has 0 aliphatic carbocycles. The third kappa shape index (κ3) is 4.90. The van der Waals surface area contributed by atoms with Gasteiger partial charge in [0.2, 0.25) is 11.3 Å². The maximum absolute atomic E-state index is 13.6. The van der Waals surface area contributed by atoms with Gasteiger partial charge in [0.05, 0.1) is 0 Å². The zero-order chi connectivity index (χ0) is 21.5. The highest BCUT2D eigenvalue weighted by Crippen LogP contribution is 2.18. The smallest absolute Gasteiger partial charge is 0.263 e. The number of H-pyrrole nitrogens is 1. The van der Waals surface area contributed by atoms with E-state index in [0.717, 1.165) is 6.07 Å². The third-order valence-electron chi connectivity index (χ3n) is 4.80. The second-order valence-corrected chi connectivity index (χ2v) is 6.86. The molecule has 7 nitrogen and oxygen atoms in total. The number of amides is 2. The monoisotopic (exact) mass is 411 g/mol. The molecule has 0 saturated heterocycles. The van der Waals surface area contributed by atoms with Crippen molar-refractivity contribution in [1.29, 1.82) is 0 Å². The molecule has 8 heteroatoms. The molecule has 0 atom stereocenters. The fourth-order valence-electron chi connectivity index (χ4n) is 3.24. The first-order chi connectivity index (χ1) is 14.5. The molecule has 0 aliphatic rings. The lowest BCUT2D eigenvalue weighted by atomic mass is 10.1. The molecule has 2 aromatic carbocycles. The fraction of sp³-hybridized carbons (Fsp3) is 0.227. The molecule has 0 radical (unpaired) electrons. The van der Waals surface area contributed by atoms with E-state index in [1.54, 1.807) is 29.7 Å². The molecule has 0 unspecified atom stereocenters. The molecule has 3 aromatic rings. The number of nitrogens with one attached hydrogen (secondary N) is 2. The first-order valence-corrected chi connectivity index (χ1v) is 9.62. The van der Waals surface area contributed by atoms with E-state index >= 15 is 0 Å². The number of benzene rings is 2. The number of carbonyl (C=O) groups is 2. The molecule has 1 aromatic heterocycles. The number of hydrogen-bond donors (Lipinski definition) is 3. The molecule has 30 heavy (non-hydrogen) atoms. The minimum Gasteiger partial charge on any atom is -0.360 e. The van der Waals surface area contributed by atoms with Crippen LogP contribution in [-0.4, -0.2) is 28.6 Å². The Labute approximate surface area is 172 Å². The zero-order valence-electron chi connectivity index (χ0n) is 16.2. The number of pyridine rings is 1. The first kappa shape index (κ1) is 21.2. The van der Waals surface area contributed by atoms with Crippen LogP contribution in [0.1, 0.15) is 36.0 Å². The number of unbranched alkanes of at least 4 members (excludes halogenated alkanes) is 2. The Morgan fingerprint density at radius 1 is 1.07 bits per heavy atom. The summed E-state index contributed by atoms with van der Waals surface area (Å²) in [5.74, 6) is -1.49. The SMILES string of the molecule is O=C(CCCCCN(C(=O)c1c[nH]c2ccc(F)cc2c1=O)c1ccccc1)NO. The van der Waals surface area contributed by atoms with Gasteiger partial charge >= 0.3 is 0 Å². The van der Waals surface area contributed by atoms with Crippen molar-refractivity contribution in [2.75, 3.05) is 11.4 Å². The third-order valence-corrected chi connectivity index (χ3v) is 4.80. The average Bonchev–Trinajstić information content (AvgIpc) is 2.77. The lowest BCUT2D eigenvalue weighted by Gasteiger charge is -2.23. The molecule has 0 saturated carbocycles. The highest BCUT2D eigenvalue weighted by molar-refractivity contribution is 6.07. The molecule has 0 fully saturated rings. The molecular formula is C22H22FN3O4. The number of para-hydroxylation sites is 1. The zero-order valence-corrected chi connectivity index (χ0v) is 16.2. The predicted octanol–water partition coefficient (Wildman–Crippen LogP) is 3.38. The van der Waals surface area contributed by atoms with E-state index in [9.17, 15) is 18.8 Å². The Bertz CT molecular complexity index is 1100. The van der Waals surface area contributed by atoms with Gasteiger partial charge in [-0.25, -0.2) is 9.87 Å². The van der Waals surface area contributed by atoms with Crippen molar-refractivity contribution < 1.29 is 19.2 Å². The van der Waals surface area contributed by atoms with Crippen LogP contribution in [-0.2, 0) is 4.79 Å². The quantitative estimate of drug-likeness (QED) is 0.300. The number of anilines is 1. The lowest BCUT2D eigenvalue weighted by Crippen LogP contribution is -2.35. The van der Waals surface area contributed by atoms with Crippen LogP contribution in [0.4, 0.5) is 10.1 Å². The summed E-state index contributed by atoms with van der Waals surface area (Å²) < 4.78 is 13.6. The number of aromatic nitrogens is 1. The maximum Gasteiger partial charge on any atom is 0.263 e. The van der Waals surface area contributed by atoms with Crippen LogP contribution in [0.5, 0.6) is 0 Å². The molecule has 156 valence electrons. The van der Waals surface area contributed by atoms with Crippen molar-refractivity contribution in [3.63, 3.8) is 0 Å². The van der Waals surface area contributed by atoms with Crippen LogP contribution in [0.3, 0.4) is 0 Å². The van der Waals surface area contributed by atoms with Crippen molar-refractivity contribution in [3.05, 3.63) is 76.3 Å². The topological polar surface area (TPSA) is 103 Å². The molecule has 3 rings (SSSR count). The van der Waals surface area contributed by atoms with E-state index in [4.69, 9.17) is 5.21 Å². The Morgan fingerprint density at radius 2 is 1.83 bits per heavy atom. The normalized spacial score (nSPS) is 10.7. The average molecular weight is 411 g/mol. The number of rotatable bonds is 8. The molecule has 1 heterocycles. The van der Waals surface area contributed by atoms with Gasteiger partial charge in [-0.05, 0) is 43.2 Å². The van der Waals surface area contributed by atoms with Crippen molar-refractivity contribution >= 4 is 28.4 Å². The lowest BCUT2D eigenvalue weighted by molar-refractivity contribution is -0.129. The van der Waals surface area contributed by atoms with Gasteiger partial charge < -0.3 is 9.88 Å². The van der Waals surface area contributed by atoms with Crippen molar-refractivity contribution in [1.82, 2.24) is 10.5 Å². The second kappa shape index (κ2) is 9.80. The van der Waals surface area contributed by atoms with E-state index in [-0.39, 0.29) is 17.4 Å². The molecule has 0 aliphatic heterocycles. The summed E-state index contributed by atoms with van der Waals surface area (Å²) in [4.78, 5) is 41.6. The number of halogens is 1. The molecule has 2 amide bonds. The summed E-state index contributed by atoms with van der Waals surface area (Å²) in [5, 5.41) is 8.65. The van der Waals surface area contributed by atoms with Crippen molar-refractivity contribution in [3.8, 4) is 0 Å². The number of fused-ring (bicyclic) bond motifs is 1. The van der Waals surface area contributed by atoms with Gasteiger partial charge in [0.15, 0.2) is 0 Å². The summed E-state index contributed by atoms with van der Waals surface area (Å²) in [6, 6.07) is 12.8. The number of carbonyl (C=O) groups excluding carboxylic acids is 2. The maximum atomic E-state index is 13.6. The molecule has 0 spiro atoms. The standard InChI is InChI=1S/C22H22FN3O4/c23-15-10-11-19-17(13-15)21(28)18(14-24-19)22(29)26(16-7-3-1-4-8-16)12-6-2-5-9-20(27)25-30/h1,3-4,7-8,10-11,13-14,30H,2,5-6,9,12H2,(H,24,28)(H,25,27). The van der Waals surface area contributed by atoms with Gasteiger partial charge in [-0.3, -0.25) is 19.6 Å². The van der Waals surface area contributed by atoms with Gasteiger partial charge in [-0.2, -0.15) is 0 Å². The van der Waals surface area contributed by atoms with Crippen LogP contribution in [0.2, 0.25) is 0 Å². The Morgan fingerprint density at radius 3 is 2.57 bits per heavy atom. The number of nitrogens with zero attached hydrogens (tertiary/aromatic N) is 1. The van der Waals surface area contributed by atoms with Crippen LogP contribution in [0, 0.1) is 5.82 Å². The minimum absolute atomic E-state index is 0.0726. The Balaban J connectivity index is 1.84. The van der Waals surface area contributed by atoms with Gasteiger partial charge in [-0.1, -0.05) is 24.6 Å². The van der Waals surface area contributed by atoms with E-state index < -0.39 is 23.1 Å². The summed E-state index contributed by atoms with van der Waals surface area (Å²) in [5.41, 5.74) is 2.06. The van der Waals surface area contributed by atoms with Crippen molar-refractivity contribution in [2.45, 2.75) is 25.7 Å². The largest absolute Gasteiger partial charge is 0.360 e. The predicted molar refractivity (Wildman–Crippen MR) is 111 cm³/mol. The van der Waals surface area contributed by atoms with Gasteiger partial charge in [0.25, 0.3) is 5.91 Å². The van der Waals surface area contributed by atoms with Crippen LogP contribution in [0.15, 0.2) is 59.5 Å². The van der Waals surface area contributed by atoms with E-state index in [2.05, 4.69) is 4.98 Å². The first-order valence-electron chi connectivity index (χ1n) is 9.62. The van der Waals surface area contributed by atoms with Gasteiger partial charge in [0, 0.05) is 35.8 Å².